The molecule has 0 N–H and O–H groups in total. The highest BCUT2D eigenvalue weighted by Crippen LogP contribution is 2.42. The molecule has 0 saturated carbocycles. The van der Waals surface area contributed by atoms with Crippen LogP contribution in [0.2, 0.25) is 10.0 Å². The summed E-state index contributed by atoms with van der Waals surface area (Å²) in [7, 11) is 0. The Hall–Kier alpha value is -2.64. The van der Waals surface area contributed by atoms with Crippen LogP contribution in [0.4, 0.5) is 0 Å². The number of halogens is 2. The van der Waals surface area contributed by atoms with Crippen LogP contribution in [-0.4, -0.2) is 56.3 Å². The van der Waals surface area contributed by atoms with E-state index < -0.39 is 5.41 Å². The molecule has 0 spiro atoms. The lowest BCUT2D eigenvalue weighted by molar-refractivity contribution is -0.141. The molecule has 36 heavy (non-hydrogen) atoms. The van der Waals surface area contributed by atoms with Crippen molar-refractivity contribution in [2.45, 2.75) is 46.0 Å². The standard InChI is InChI=1S/C27H33Cl2NO6/c1-5-33-23-14-19(15-24(34-6-2)25(23)35-7-3)26(32)30-12-10-27(17-30,11-13-36-18(4)31)20-8-9-21(28)22(29)16-20/h8-9,14-16H,5-7,10-13,17H2,1-4H3. The second-order valence-corrected chi connectivity index (χ2v) is 9.39. The molecule has 0 radical (unpaired) electrons. The van der Waals surface area contributed by atoms with E-state index in [0.29, 0.717) is 78.6 Å². The molecule has 196 valence electrons. The number of esters is 1. The van der Waals surface area contributed by atoms with E-state index in [1.165, 1.54) is 6.92 Å². The van der Waals surface area contributed by atoms with Crippen molar-refractivity contribution in [2.75, 3.05) is 39.5 Å². The maximum absolute atomic E-state index is 13.7. The summed E-state index contributed by atoms with van der Waals surface area (Å²) in [4.78, 5) is 26.9. The Kier molecular flexibility index (Phi) is 9.74. The third-order valence-corrected chi connectivity index (χ3v) is 6.95. The smallest absolute Gasteiger partial charge is 0.302 e. The number of nitrogens with zero attached hydrogens (tertiary/aromatic N) is 1. The van der Waals surface area contributed by atoms with E-state index in [2.05, 4.69) is 0 Å². The lowest BCUT2D eigenvalue weighted by Crippen LogP contribution is -2.35. The van der Waals surface area contributed by atoms with Gasteiger partial charge in [0.15, 0.2) is 11.5 Å². The van der Waals surface area contributed by atoms with E-state index in [-0.39, 0.29) is 18.5 Å². The maximum Gasteiger partial charge on any atom is 0.302 e. The minimum Gasteiger partial charge on any atom is -0.490 e. The molecule has 7 nitrogen and oxygen atoms in total. The molecule has 2 aromatic rings. The predicted octanol–water partition coefficient (Wildman–Crippen LogP) is 5.93. The van der Waals surface area contributed by atoms with Gasteiger partial charge in [-0.2, -0.15) is 0 Å². The molecular weight excluding hydrogens is 505 g/mol. The molecule has 1 aliphatic heterocycles. The molecule has 1 aliphatic rings. The molecule has 1 unspecified atom stereocenters. The summed E-state index contributed by atoms with van der Waals surface area (Å²) in [6.45, 7) is 9.50. The van der Waals surface area contributed by atoms with Crippen LogP contribution >= 0.6 is 23.2 Å². The van der Waals surface area contributed by atoms with E-state index in [1.54, 1.807) is 23.1 Å². The summed E-state index contributed by atoms with van der Waals surface area (Å²) < 4.78 is 22.6. The third-order valence-electron chi connectivity index (χ3n) is 6.22. The molecule has 1 amide bonds. The van der Waals surface area contributed by atoms with E-state index in [9.17, 15) is 9.59 Å². The Morgan fingerprint density at radius 2 is 1.58 bits per heavy atom. The topological polar surface area (TPSA) is 74.3 Å². The molecule has 0 aliphatic carbocycles. The average Bonchev–Trinajstić information content (AvgIpc) is 3.27. The Morgan fingerprint density at radius 1 is 0.944 bits per heavy atom. The zero-order chi connectivity index (χ0) is 26.3. The lowest BCUT2D eigenvalue weighted by atomic mass is 9.77. The molecule has 1 fully saturated rings. The summed E-state index contributed by atoms with van der Waals surface area (Å²) >= 11 is 12.5. The Bertz CT molecular complexity index is 1060. The zero-order valence-corrected chi connectivity index (χ0v) is 22.7. The number of carbonyl (C=O) groups excluding carboxylic acids is 2. The number of hydrogen-bond acceptors (Lipinski definition) is 6. The Morgan fingerprint density at radius 3 is 2.14 bits per heavy atom. The molecule has 1 atom stereocenters. The van der Waals surface area contributed by atoms with Crippen molar-refractivity contribution in [3.63, 3.8) is 0 Å². The molecule has 9 heteroatoms. The van der Waals surface area contributed by atoms with Crippen molar-refractivity contribution in [2.24, 2.45) is 0 Å². The quantitative estimate of drug-likeness (QED) is 0.331. The van der Waals surface area contributed by atoms with Crippen LogP contribution in [0.3, 0.4) is 0 Å². The summed E-state index contributed by atoms with van der Waals surface area (Å²) in [5.74, 6) is 0.948. The Balaban J connectivity index is 1.94. The first kappa shape index (κ1) is 27.9. The molecule has 0 bridgehead atoms. The first-order valence-corrected chi connectivity index (χ1v) is 12.9. The van der Waals surface area contributed by atoms with Crippen LogP contribution in [0, 0.1) is 0 Å². The van der Waals surface area contributed by atoms with Crippen molar-refractivity contribution >= 4 is 35.1 Å². The first-order chi connectivity index (χ1) is 17.2. The fourth-order valence-electron chi connectivity index (χ4n) is 4.54. The SMILES string of the molecule is CCOc1cc(C(=O)N2CCC(CCOC(C)=O)(c3ccc(Cl)c(Cl)c3)C2)cc(OCC)c1OCC. The maximum atomic E-state index is 13.7. The van der Waals surface area contributed by atoms with Gasteiger partial charge in [-0.1, -0.05) is 29.3 Å². The summed E-state index contributed by atoms with van der Waals surface area (Å²) in [5, 5.41) is 0.905. The molecule has 3 rings (SSSR count). The number of carbonyl (C=O) groups is 2. The highest BCUT2D eigenvalue weighted by Gasteiger charge is 2.42. The normalized spacial score (nSPS) is 17.1. The molecule has 0 aromatic heterocycles. The summed E-state index contributed by atoms with van der Waals surface area (Å²) in [6.07, 6.45) is 1.23. The summed E-state index contributed by atoms with van der Waals surface area (Å²) in [6, 6.07) is 8.93. The van der Waals surface area contributed by atoms with Gasteiger partial charge in [-0.25, -0.2) is 0 Å². The number of rotatable bonds is 11. The van der Waals surface area contributed by atoms with Gasteiger partial charge in [0.25, 0.3) is 5.91 Å². The minimum atomic E-state index is -0.434. The number of amides is 1. The second-order valence-electron chi connectivity index (χ2n) is 8.58. The fourth-order valence-corrected chi connectivity index (χ4v) is 4.84. The van der Waals surface area contributed by atoms with Gasteiger partial charge in [-0.3, -0.25) is 9.59 Å². The first-order valence-electron chi connectivity index (χ1n) is 12.2. The van der Waals surface area contributed by atoms with Gasteiger partial charge in [0, 0.05) is 31.0 Å². The van der Waals surface area contributed by atoms with Gasteiger partial charge < -0.3 is 23.8 Å². The average molecular weight is 538 g/mol. The van der Waals surface area contributed by atoms with Gasteiger partial charge in [0.05, 0.1) is 36.5 Å². The number of hydrogen-bond donors (Lipinski definition) is 0. The number of benzene rings is 2. The van der Waals surface area contributed by atoms with Crippen LogP contribution in [0.25, 0.3) is 0 Å². The van der Waals surface area contributed by atoms with Crippen LogP contribution in [0.1, 0.15) is 56.5 Å². The van der Waals surface area contributed by atoms with Gasteiger partial charge >= 0.3 is 5.97 Å². The van der Waals surface area contributed by atoms with E-state index in [0.717, 1.165) is 5.56 Å². The van der Waals surface area contributed by atoms with Crippen LogP contribution < -0.4 is 14.2 Å². The van der Waals surface area contributed by atoms with E-state index >= 15 is 0 Å². The van der Waals surface area contributed by atoms with Crippen molar-refractivity contribution in [3.8, 4) is 17.2 Å². The van der Waals surface area contributed by atoms with Gasteiger partial charge in [-0.15, -0.1) is 0 Å². The molecular formula is C27H33Cl2NO6. The number of ether oxygens (including phenoxy) is 4. The van der Waals surface area contributed by atoms with Crippen LogP contribution in [0.5, 0.6) is 17.2 Å². The fraction of sp³-hybridized carbons (Fsp3) is 0.481. The van der Waals surface area contributed by atoms with E-state index in [4.69, 9.17) is 42.1 Å². The van der Waals surface area contributed by atoms with Gasteiger partial charge in [-0.05, 0) is 63.4 Å². The van der Waals surface area contributed by atoms with Crippen molar-refractivity contribution in [3.05, 3.63) is 51.5 Å². The highest BCUT2D eigenvalue weighted by molar-refractivity contribution is 6.42. The molecule has 1 heterocycles. The van der Waals surface area contributed by atoms with Crippen molar-refractivity contribution in [1.82, 2.24) is 4.90 Å². The highest BCUT2D eigenvalue weighted by atomic mass is 35.5. The monoisotopic (exact) mass is 537 g/mol. The van der Waals surface area contributed by atoms with Crippen LogP contribution in [0.15, 0.2) is 30.3 Å². The van der Waals surface area contributed by atoms with Crippen molar-refractivity contribution in [1.29, 1.82) is 0 Å². The minimum absolute atomic E-state index is 0.144. The molecule has 1 saturated heterocycles. The number of likely N-dealkylation sites (tertiary alicyclic amines) is 1. The van der Waals surface area contributed by atoms with Crippen molar-refractivity contribution < 1.29 is 28.5 Å². The Labute approximate surface area is 222 Å². The lowest BCUT2D eigenvalue weighted by Gasteiger charge is -2.30. The largest absolute Gasteiger partial charge is 0.490 e. The third kappa shape index (κ3) is 6.37. The second kappa shape index (κ2) is 12.5. The van der Waals surface area contributed by atoms with E-state index in [1.807, 2.05) is 32.9 Å². The van der Waals surface area contributed by atoms with Gasteiger partial charge in [0.1, 0.15) is 0 Å². The molecule has 2 aromatic carbocycles. The van der Waals surface area contributed by atoms with Gasteiger partial charge in [0.2, 0.25) is 5.75 Å². The zero-order valence-electron chi connectivity index (χ0n) is 21.2. The summed E-state index contributed by atoms with van der Waals surface area (Å²) in [5.41, 5.74) is 0.974. The van der Waals surface area contributed by atoms with Crippen LogP contribution in [-0.2, 0) is 14.9 Å². The predicted molar refractivity (Wildman–Crippen MR) is 140 cm³/mol.